The molecule has 1 amide bonds. The Balaban J connectivity index is 2.70. The monoisotopic (exact) mass is 238 g/mol. The zero-order valence-electron chi connectivity index (χ0n) is 11.1. The standard InChI is InChI=1S/C12H22N4O/c1-5-10-8-11(16(4)14-10)12(17)15(3)7-6-9(2)13/h8-9H,5-7,13H2,1-4H3. The van der Waals surface area contributed by atoms with Gasteiger partial charge in [-0.3, -0.25) is 9.48 Å². The van der Waals surface area contributed by atoms with E-state index < -0.39 is 0 Å². The van der Waals surface area contributed by atoms with Gasteiger partial charge >= 0.3 is 0 Å². The van der Waals surface area contributed by atoms with Crippen LogP contribution in [0.25, 0.3) is 0 Å². The summed E-state index contributed by atoms with van der Waals surface area (Å²) in [6.45, 7) is 4.64. The van der Waals surface area contributed by atoms with Gasteiger partial charge in [0.05, 0.1) is 5.69 Å². The van der Waals surface area contributed by atoms with Crippen LogP contribution in [0.4, 0.5) is 0 Å². The fourth-order valence-corrected chi connectivity index (χ4v) is 1.59. The number of rotatable bonds is 5. The van der Waals surface area contributed by atoms with E-state index in [1.54, 1.807) is 23.7 Å². The summed E-state index contributed by atoms with van der Waals surface area (Å²) in [7, 11) is 3.59. The number of hydrogen-bond acceptors (Lipinski definition) is 3. The van der Waals surface area contributed by atoms with Crippen LogP contribution in [0.15, 0.2) is 6.07 Å². The van der Waals surface area contributed by atoms with Crippen molar-refractivity contribution in [2.45, 2.75) is 32.7 Å². The average molecular weight is 238 g/mol. The van der Waals surface area contributed by atoms with Gasteiger partial charge in [-0.15, -0.1) is 0 Å². The van der Waals surface area contributed by atoms with Gasteiger partial charge in [0.1, 0.15) is 5.69 Å². The zero-order valence-corrected chi connectivity index (χ0v) is 11.1. The largest absolute Gasteiger partial charge is 0.340 e. The number of carbonyl (C=O) groups excluding carboxylic acids is 1. The van der Waals surface area contributed by atoms with Gasteiger partial charge in [-0.1, -0.05) is 6.92 Å². The molecule has 0 radical (unpaired) electrons. The Morgan fingerprint density at radius 3 is 2.76 bits per heavy atom. The van der Waals surface area contributed by atoms with Gasteiger partial charge < -0.3 is 10.6 Å². The van der Waals surface area contributed by atoms with Crippen molar-refractivity contribution in [1.82, 2.24) is 14.7 Å². The number of hydrogen-bond donors (Lipinski definition) is 1. The van der Waals surface area contributed by atoms with Gasteiger partial charge in [-0.2, -0.15) is 5.10 Å². The molecule has 96 valence electrons. The van der Waals surface area contributed by atoms with Crippen molar-refractivity contribution in [2.24, 2.45) is 12.8 Å². The number of aromatic nitrogens is 2. The highest BCUT2D eigenvalue weighted by Crippen LogP contribution is 2.07. The molecule has 1 unspecified atom stereocenters. The van der Waals surface area contributed by atoms with Crippen LogP contribution in [0.5, 0.6) is 0 Å². The molecule has 5 heteroatoms. The summed E-state index contributed by atoms with van der Waals surface area (Å²) in [6, 6.07) is 1.97. The number of nitrogens with zero attached hydrogens (tertiary/aromatic N) is 3. The first-order valence-electron chi connectivity index (χ1n) is 5.99. The van der Waals surface area contributed by atoms with Crippen LogP contribution >= 0.6 is 0 Å². The summed E-state index contributed by atoms with van der Waals surface area (Å²) in [6.07, 6.45) is 1.64. The first kappa shape index (κ1) is 13.7. The summed E-state index contributed by atoms with van der Waals surface area (Å²) in [4.78, 5) is 13.8. The normalized spacial score (nSPS) is 12.5. The SMILES string of the molecule is CCc1cc(C(=O)N(C)CCC(C)N)n(C)n1. The molecule has 0 saturated carbocycles. The number of carbonyl (C=O) groups is 1. The van der Waals surface area contributed by atoms with Crippen molar-refractivity contribution in [1.29, 1.82) is 0 Å². The number of amides is 1. The third-order valence-corrected chi connectivity index (χ3v) is 2.78. The van der Waals surface area contributed by atoms with Crippen molar-refractivity contribution in [3.63, 3.8) is 0 Å². The maximum atomic E-state index is 12.1. The van der Waals surface area contributed by atoms with Crippen molar-refractivity contribution in [2.75, 3.05) is 13.6 Å². The van der Waals surface area contributed by atoms with Gasteiger partial charge in [0.2, 0.25) is 0 Å². The molecule has 1 aromatic heterocycles. The Hall–Kier alpha value is -1.36. The fourth-order valence-electron chi connectivity index (χ4n) is 1.59. The summed E-state index contributed by atoms with van der Waals surface area (Å²) < 4.78 is 1.64. The van der Waals surface area contributed by atoms with Gasteiger partial charge in [-0.05, 0) is 25.8 Å². The first-order chi connectivity index (χ1) is 7.95. The Morgan fingerprint density at radius 2 is 2.29 bits per heavy atom. The predicted octanol–water partition coefficient (Wildman–Crippen LogP) is 0.792. The van der Waals surface area contributed by atoms with Gasteiger partial charge in [0.15, 0.2) is 0 Å². The smallest absolute Gasteiger partial charge is 0.271 e. The molecule has 0 aliphatic carbocycles. The van der Waals surface area contributed by atoms with E-state index in [2.05, 4.69) is 5.10 Å². The van der Waals surface area contributed by atoms with E-state index in [0.29, 0.717) is 12.2 Å². The molecule has 1 rings (SSSR count). The van der Waals surface area contributed by atoms with E-state index >= 15 is 0 Å². The highest BCUT2D eigenvalue weighted by molar-refractivity contribution is 5.92. The summed E-state index contributed by atoms with van der Waals surface area (Å²) in [5, 5.41) is 4.27. The molecule has 0 fully saturated rings. The van der Waals surface area contributed by atoms with Crippen molar-refractivity contribution in [3.05, 3.63) is 17.5 Å². The molecule has 1 atom stereocenters. The molecule has 0 aromatic carbocycles. The van der Waals surface area contributed by atoms with Crippen LogP contribution in [0.2, 0.25) is 0 Å². The van der Waals surface area contributed by atoms with Crippen LogP contribution in [0, 0.1) is 0 Å². The summed E-state index contributed by atoms with van der Waals surface area (Å²) in [5.41, 5.74) is 7.25. The molecule has 0 spiro atoms. The highest BCUT2D eigenvalue weighted by Gasteiger charge is 2.16. The third kappa shape index (κ3) is 3.56. The lowest BCUT2D eigenvalue weighted by molar-refractivity contribution is 0.0781. The number of nitrogens with two attached hydrogens (primary N) is 1. The third-order valence-electron chi connectivity index (χ3n) is 2.78. The van der Waals surface area contributed by atoms with E-state index in [0.717, 1.165) is 18.5 Å². The van der Waals surface area contributed by atoms with Crippen LogP contribution in [0.1, 0.15) is 36.5 Å². The Labute approximate surface area is 103 Å². The fraction of sp³-hybridized carbons (Fsp3) is 0.667. The summed E-state index contributed by atoms with van der Waals surface area (Å²) >= 11 is 0. The van der Waals surface area contributed by atoms with Crippen LogP contribution in [-0.2, 0) is 13.5 Å². The maximum absolute atomic E-state index is 12.1. The second-order valence-electron chi connectivity index (χ2n) is 4.49. The Kier molecular flexibility index (Phi) is 4.69. The van der Waals surface area contributed by atoms with E-state index in [-0.39, 0.29) is 11.9 Å². The topological polar surface area (TPSA) is 64.2 Å². The molecule has 2 N–H and O–H groups in total. The van der Waals surface area contributed by atoms with Crippen LogP contribution in [0.3, 0.4) is 0 Å². The van der Waals surface area contributed by atoms with Crippen LogP contribution in [-0.4, -0.2) is 40.2 Å². The second-order valence-corrected chi connectivity index (χ2v) is 4.49. The van der Waals surface area contributed by atoms with E-state index in [9.17, 15) is 4.79 Å². The van der Waals surface area contributed by atoms with E-state index in [1.165, 1.54) is 0 Å². The minimum Gasteiger partial charge on any atom is -0.340 e. The molecule has 1 heterocycles. The highest BCUT2D eigenvalue weighted by atomic mass is 16.2. The lowest BCUT2D eigenvalue weighted by Crippen LogP contribution is -2.32. The maximum Gasteiger partial charge on any atom is 0.271 e. The zero-order chi connectivity index (χ0) is 13.0. The molecule has 0 aliphatic rings. The molecule has 0 aliphatic heterocycles. The van der Waals surface area contributed by atoms with Gasteiger partial charge in [-0.25, -0.2) is 0 Å². The molecule has 1 aromatic rings. The molecule has 17 heavy (non-hydrogen) atoms. The summed E-state index contributed by atoms with van der Waals surface area (Å²) in [5.74, 6) is 0.000324. The Bertz CT molecular complexity index is 384. The minimum absolute atomic E-state index is 0.000324. The number of aryl methyl sites for hydroxylation is 2. The van der Waals surface area contributed by atoms with Gasteiger partial charge in [0.25, 0.3) is 5.91 Å². The molecule has 0 bridgehead atoms. The Morgan fingerprint density at radius 1 is 1.65 bits per heavy atom. The van der Waals surface area contributed by atoms with Crippen LogP contribution < -0.4 is 5.73 Å². The predicted molar refractivity (Wildman–Crippen MR) is 67.8 cm³/mol. The van der Waals surface area contributed by atoms with Gasteiger partial charge in [0, 0.05) is 26.7 Å². The van der Waals surface area contributed by atoms with Crippen molar-refractivity contribution in [3.8, 4) is 0 Å². The van der Waals surface area contributed by atoms with Crippen molar-refractivity contribution >= 4 is 5.91 Å². The molecular weight excluding hydrogens is 216 g/mol. The molecule has 0 saturated heterocycles. The second kappa shape index (κ2) is 5.82. The van der Waals surface area contributed by atoms with Crippen molar-refractivity contribution < 1.29 is 4.79 Å². The lowest BCUT2D eigenvalue weighted by Gasteiger charge is -2.18. The molecule has 5 nitrogen and oxygen atoms in total. The minimum atomic E-state index is 0.000324. The molecular formula is C12H22N4O. The average Bonchev–Trinajstić information content (AvgIpc) is 2.66. The quantitative estimate of drug-likeness (QED) is 0.825. The van der Waals surface area contributed by atoms with E-state index in [1.807, 2.05) is 19.9 Å². The lowest BCUT2D eigenvalue weighted by atomic mass is 10.2. The van der Waals surface area contributed by atoms with E-state index in [4.69, 9.17) is 5.73 Å². The first-order valence-corrected chi connectivity index (χ1v) is 5.99.